The molecular weight excluding hydrogens is 487 g/mol. The minimum Gasteiger partial charge on any atom is -0.330 e. The number of fused-ring (bicyclic) bond motifs is 2. The number of nitrogens with zero attached hydrogens (tertiary/aromatic N) is 3. The fourth-order valence-electron chi connectivity index (χ4n) is 5.07. The molecule has 0 aliphatic carbocycles. The number of carbonyl (C=O) groups excluding carboxylic acids is 3. The second-order valence-electron chi connectivity index (χ2n) is 9.56. The van der Waals surface area contributed by atoms with Gasteiger partial charge in [-0.15, -0.1) is 0 Å². The number of nitriles is 1. The first kappa shape index (κ1) is 25.0. The fraction of sp³-hybridized carbons (Fsp3) is 0.385. The van der Waals surface area contributed by atoms with Gasteiger partial charge in [-0.2, -0.15) is 5.26 Å². The molecule has 2 aromatic rings. The molecule has 7 nitrogen and oxygen atoms in total. The number of likely N-dealkylation sites (N-methyl/N-ethyl adjacent to an activating group) is 1. The van der Waals surface area contributed by atoms with Crippen molar-refractivity contribution in [2.75, 3.05) is 18.9 Å². The van der Waals surface area contributed by atoms with Crippen LogP contribution in [0.3, 0.4) is 0 Å². The van der Waals surface area contributed by atoms with E-state index in [-0.39, 0.29) is 46.3 Å². The Balaban J connectivity index is 1.68. The monoisotopic (exact) mass is 512 g/mol. The van der Waals surface area contributed by atoms with Gasteiger partial charge >= 0.3 is 0 Å². The summed E-state index contributed by atoms with van der Waals surface area (Å²) in [5, 5.41) is 13.2. The highest BCUT2D eigenvalue weighted by Crippen LogP contribution is 2.46. The van der Waals surface area contributed by atoms with Crippen molar-refractivity contribution < 1.29 is 14.4 Å². The van der Waals surface area contributed by atoms with Crippen LogP contribution in [0.4, 0.5) is 5.69 Å². The second kappa shape index (κ2) is 9.52. The molecule has 9 heteroatoms. The first-order valence-corrected chi connectivity index (χ1v) is 12.2. The van der Waals surface area contributed by atoms with E-state index in [1.807, 2.05) is 38.1 Å². The number of amides is 3. The first-order chi connectivity index (χ1) is 16.6. The van der Waals surface area contributed by atoms with Crippen molar-refractivity contribution in [3.05, 3.63) is 63.6 Å². The van der Waals surface area contributed by atoms with E-state index in [1.54, 1.807) is 18.2 Å². The lowest BCUT2D eigenvalue weighted by atomic mass is 9.80. The Morgan fingerprint density at radius 1 is 1.20 bits per heavy atom. The Morgan fingerprint density at radius 3 is 2.49 bits per heavy atom. The average molecular weight is 513 g/mol. The smallest absolute Gasteiger partial charge is 0.257 e. The summed E-state index contributed by atoms with van der Waals surface area (Å²) >= 11 is 12.5. The molecule has 0 aromatic heterocycles. The molecule has 0 radical (unpaired) electrons. The molecule has 2 heterocycles. The van der Waals surface area contributed by atoms with Crippen LogP contribution in [0.25, 0.3) is 0 Å². The minimum absolute atomic E-state index is 0.0659. The average Bonchev–Trinajstić information content (AvgIpc) is 3.34. The number of anilines is 1. The van der Waals surface area contributed by atoms with Crippen molar-refractivity contribution in [1.82, 2.24) is 9.80 Å². The molecule has 1 spiro atoms. The van der Waals surface area contributed by atoms with Gasteiger partial charge in [-0.1, -0.05) is 61.3 Å². The molecule has 3 amide bonds. The summed E-state index contributed by atoms with van der Waals surface area (Å²) in [6.45, 7) is 3.97. The topological polar surface area (TPSA) is 93.5 Å². The lowest BCUT2D eigenvalue weighted by Crippen LogP contribution is -2.52. The number of hydrogen-bond acceptors (Lipinski definition) is 4. The predicted molar refractivity (Wildman–Crippen MR) is 134 cm³/mol. The summed E-state index contributed by atoms with van der Waals surface area (Å²) in [4.78, 5) is 43.2. The van der Waals surface area contributed by atoms with Crippen LogP contribution in [0.1, 0.15) is 42.6 Å². The summed E-state index contributed by atoms with van der Waals surface area (Å²) in [6, 6.07) is 12.7. The van der Waals surface area contributed by atoms with E-state index in [0.29, 0.717) is 12.1 Å². The highest BCUT2D eigenvalue weighted by atomic mass is 35.5. The van der Waals surface area contributed by atoms with Gasteiger partial charge in [-0.05, 0) is 36.1 Å². The third-order valence-corrected chi connectivity index (χ3v) is 7.49. The van der Waals surface area contributed by atoms with E-state index in [4.69, 9.17) is 23.2 Å². The maximum Gasteiger partial charge on any atom is 0.257 e. The molecule has 1 unspecified atom stereocenters. The Morgan fingerprint density at radius 2 is 1.86 bits per heavy atom. The van der Waals surface area contributed by atoms with Crippen molar-refractivity contribution in [3.8, 4) is 6.07 Å². The summed E-state index contributed by atoms with van der Waals surface area (Å²) in [7, 11) is 1.54. The summed E-state index contributed by atoms with van der Waals surface area (Å²) in [5.74, 6) is -1.00. The van der Waals surface area contributed by atoms with E-state index in [2.05, 4.69) is 11.4 Å². The van der Waals surface area contributed by atoms with Crippen LogP contribution < -0.4 is 5.32 Å². The number of nitrogens with one attached hydrogen (secondary N) is 1. The van der Waals surface area contributed by atoms with Crippen LogP contribution in [0.5, 0.6) is 0 Å². The number of benzene rings is 2. The maximum atomic E-state index is 13.9. The highest BCUT2D eigenvalue weighted by molar-refractivity contribution is 6.39. The molecule has 1 fully saturated rings. The van der Waals surface area contributed by atoms with Gasteiger partial charge < -0.3 is 15.1 Å². The number of carbonyl (C=O) groups is 3. The zero-order chi connectivity index (χ0) is 25.5. The normalized spacial score (nSPS) is 21.6. The quantitative estimate of drug-likeness (QED) is 0.638. The number of halogens is 2. The number of para-hydroxylation sites is 1. The van der Waals surface area contributed by atoms with Crippen molar-refractivity contribution in [2.45, 2.75) is 44.2 Å². The molecule has 3 atom stereocenters. The Bertz CT molecular complexity index is 1220. The molecule has 2 aliphatic rings. The Labute approximate surface area is 214 Å². The van der Waals surface area contributed by atoms with Gasteiger partial charge in [0.2, 0.25) is 11.8 Å². The third kappa shape index (κ3) is 4.26. The largest absolute Gasteiger partial charge is 0.330 e. The van der Waals surface area contributed by atoms with Gasteiger partial charge in [-0.3, -0.25) is 14.4 Å². The van der Waals surface area contributed by atoms with Gasteiger partial charge in [0.1, 0.15) is 12.1 Å². The van der Waals surface area contributed by atoms with E-state index in [9.17, 15) is 19.6 Å². The van der Waals surface area contributed by atoms with Crippen LogP contribution in [0.2, 0.25) is 10.0 Å². The van der Waals surface area contributed by atoms with Crippen LogP contribution in [-0.2, 0) is 15.0 Å². The lowest BCUT2D eigenvalue weighted by molar-refractivity contribution is -0.136. The molecule has 2 aliphatic heterocycles. The van der Waals surface area contributed by atoms with Gasteiger partial charge in [0, 0.05) is 25.7 Å². The molecule has 2 aromatic carbocycles. The van der Waals surface area contributed by atoms with Gasteiger partial charge in [0.05, 0.1) is 27.1 Å². The fourth-order valence-corrected chi connectivity index (χ4v) is 5.63. The van der Waals surface area contributed by atoms with E-state index in [0.717, 1.165) is 5.56 Å². The van der Waals surface area contributed by atoms with E-state index in [1.165, 1.54) is 16.8 Å². The standard InChI is InChI=1S/C26H26Cl2N4O3/c1-15(2)11-21(31(3)24(34)22-18(27)8-6-9-19(22)28)23(33)32-14-26(12-16(32)13-29)17-7-4-5-10-20(17)30-25(26)35/h4-10,15-16,21H,11-12,14H2,1-3H3,(H,30,35)/t16?,21-,26-/m0/s1. The second-order valence-corrected chi connectivity index (χ2v) is 10.4. The van der Waals surface area contributed by atoms with E-state index < -0.39 is 23.4 Å². The van der Waals surface area contributed by atoms with Crippen LogP contribution in [-0.4, -0.2) is 53.2 Å². The first-order valence-electron chi connectivity index (χ1n) is 11.4. The van der Waals surface area contributed by atoms with Crippen molar-refractivity contribution in [1.29, 1.82) is 5.26 Å². The lowest BCUT2D eigenvalue weighted by Gasteiger charge is -2.33. The van der Waals surface area contributed by atoms with Crippen molar-refractivity contribution >= 4 is 46.6 Å². The predicted octanol–water partition coefficient (Wildman–Crippen LogP) is 4.49. The molecular formula is C26H26Cl2N4O3. The third-order valence-electron chi connectivity index (χ3n) is 6.86. The number of hydrogen-bond donors (Lipinski definition) is 1. The molecule has 1 saturated heterocycles. The summed E-state index contributed by atoms with van der Waals surface area (Å²) in [5.41, 5.74) is 0.610. The zero-order valence-corrected chi connectivity index (χ0v) is 21.2. The SMILES string of the molecule is CC(C)C[C@@H](C(=O)N1C[C@]2(CC1C#N)C(=O)Nc1ccccc12)N(C)C(=O)c1c(Cl)cccc1Cl. The van der Waals surface area contributed by atoms with Gasteiger partial charge in [-0.25, -0.2) is 0 Å². The Kier molecular flexibility index (Phi) is 6.81. The molecule has 4 rings (SSSR count). The van der Waals surface area contributed by atoms with Gasteiger partial charge in [0.25, 0.3) is 5.91 Å². The van der Waals surface area contributed by atoms with E-state index >= 15 is 0 Å². The number of likely N-dealkylation sites (tertiary alicyclic amines) is 1. The minimum atomic E-state index is -0.996. The Hall–Kier alpha value is -3.08. The van der Waals surface area contributed by atoms with Crippen LogP contribution in [0, 0.1) is 17.2 Å². The maximum absolute atomic E-state index is 13.9. The van der Waals surface area contributed by atoms with Crippen molar-refractivity contribution in [2.24, 2.45) is 5.92 Å². The van der Waals surface area contributed by atoms with Crippen LogP contribution in [0.15, 0.2) is 42.5 Å². The summed E-state index contributed by atoms with van der Waals surface area (Å²) in [6.07, 6.45) is 0.564. The molecule has 182 valence electrons. The highest BCUT2D eigenvalue weighted by Gasteiger charge is 2.56. The molecule has 35 heavy (non-hydrogen) atoms. The summed E-state index contributed by atoms with van der Waals surface area (Å²) < 4.78 is 0. The van der Waals surface area contributed by atoms with Crippen LogP contribution >= 0.6 is 23.2 Å². The number of rotatable bonds is 5. The molecule has 1 N–H and O–H groups in total. The van der Waals surface area contributed by atoms with Gasteiger partial charge in [0.15, 0.2) is 0 Å². The van der Waals surface area contributed by atoms with Crippen molar-refractivity contribution in [3.63, 3.8) is 0 Å². The zero-order valence-electron chi connectivity index (χ0n) is 19.7. The molecule has 0 bridgehead atoms. The molecule has 0 saturated carbocycles.